The van der Waals surface area contributed by atoms with Crippen molar-refractivity contribution >= 4 is 71.5 Å². The van der Waals surface area contributed by atoms with Gasteiger partial charge in [0, 0.05) is 3.57 Å². The number of benzene rings is 2. The van der Waals surface area contributed by atoms with Crippen molar-refractivity contribution < 1.29 is 12.8 Å². The third-order valence-corrected chi connectivity index (χ3v) is 5.53. The minimum Gasteiger partial charge on any atom is -0.398 e. The van der Waals surface area contributed by atoms with Crippen molar-refractivity contribution in [2.24, 2.45) is 0 Å². The highest BCUT2D eigenvalue weighted by atomic mass is 127. The fourth-order valence-corrected chi connectivity index (χ4v) is 4.22. The van der Waals surface area contributed by atoms with E-state index in [9.17, 15) is 12.8 Å². The van der Waals surface area contributed by atoms with E-state index < -0.39 is 15.8 Å². The van der Waals surface area contributed by atoms with Crippen molar-refractivity contribution in [1.82, 2.24) is 0 Å². The van der Waals surface area contributed by atoms with E-state index in [0.717, 1.165) is 15.7 Å². The summed E-state index contributed by atoms with van der Waals surface area (Å²) in [7, 11) is -3.98. The molecule has 2 aromatic carbocycles. The smallest absolute Gasteiger partial charge is 0.264 e. The number of halogens is 4. The molecule has 9 heteroatoms. The van der Waals surface area contributed by atoms with Crippen LogP contribution in [0, 0.1) is 9.39 Å². The SMILES string of the molecule is Nc1cc(F)c(Br)cc1S(=O)(=O)Nc1ccc(I)cc1Cl. The van der Waals surface area contributed by atoms with Crippen molar-refractivity contribution in [3.05, 3.63) is 49.2 Å². The molecule has 3 N–H and O–H groups in total. The van der Waals surface area contributed by atoms with Gasteiger partial charge in [-0.3, -0.25) is 4.72 Å². The summed E-state index contributed by atoms with van der Waals surface area (Å²) in [4.78, 5) is -0.231. The minimum absolute atomic E-state index is 0.00535. The second-order valence-corrected chi connectivity index (χ2v) is 8.19. The van der Waals surface area contributed by atoms with Crippen molar-refractivity contribution in [1.29, 1.82) is 0 Å². The Labute approximate surface area is 148 Å². The quantitative estimate of drug-likeness (QED) is 0.485. The lowest BCUT2D eigenvalue weighted by molar-refractivity contribution is 0.599. The Morgan fingerprint density at radius 1 is 1.29 bits per heavy atom. The van der Waals surface area contributed by atoms with Crippen LogP contribution in [0.3, 0.4) is 0 Å². The first-order valence-electron chi connectivity index (χ1n) is 5.43. The van der Waals surface area contributed by atoms with E-state index in [1.165, 1.54) is 6.07 Å². The number of anilines is 2. The first kappa shape index (κ1) is 16.8. The Balaban J connectivity index is 2.46. The lowest BCUT2D eigenvalue weighted by Crippen LogP contribution is -2.15. The summed E-state index contributed by atoms with van der Waals surface area (Å²) in [5.41, 5.74) is 5.61. The molecule has 21 heavy (non-hydrogen) atoms. The molecule has 0 amide bonds. The number of hydrogen-bond acceptors (Lipinski definition) is 3. The standard InChI is InChI=1S/C12H8BrClFIN2O2S/c13-7-4-12(10(17)5-9(7)15)21(19,20)18-11-2-1-6(16)3-8(11)14/h1-5,18H,17H2. The van der Waals surface area contributed by atoms with Gasteiger partial charge in [-0.05, 0) is 68.9 Å². The topological polar surface area (TPSA) is 72.2 Å². The Kier molecular flexibility index (Phi) is 5.01. The van der Waals surface area contributed by atoms with Gasteiger partial charge in [0.25, 0.3) is 10.0 Å². The van der Waals surface area contributed by atoms with Crippen LogP contribution < -0.4 is 10.5 Å². The fourth-order valence-electron chi connectivity index (χ4n) is 1.55. The molecule has 0 bridgehead atoms. The summed E-state index contributed by atoms with van der Waals surface area (Å²) in [6, 6.07) is 6.90. The Morgan fingerprint density at radius 2 is 1.95 bits per heavy atom. The van der Waals surface area contributed by atoms with Crippen LogP contribution in [0.4, 0.5) is 15.8 Å². The van der Waals surface area contributed by atoms with E-state index in [4.69, 9.17) is 17.3 Å². The van der Waals surface area contributed by atoms with Crippen LogP contribution >= 0.6 is 50.1 Å². The molecule has 0 aromatic heterocycles. The fraction of sp³-hybridized carbons (Fsp3) is 0. The van der Waals surface area contributed by atoms with Crippen LogP contribution in [-0.2, 0) is 10.0 Å². The molecule has 0 unspecified atom stereocenters. The van der Waals surface area contributed by atoms with E-state index >= 15 is 0 Å². The zero-order chi connectivity index (χ0) is 15.8. The number of nitrogens with one attached hydrogen (secondary N) is 1. The zero-order valence-electron chi connectivity index (χ0n) is 10.2. The van der Waals surface area contributed by atoms with Crippen LogP contribution in [0.2, 0.25) is 5.02 Å². The molecule has 0 atom stereocenters. The van der Waals surface area contributed by atoms with Gasteiger partial charge in [-0.15, -0.1) is 0 Å². The first-order chi connectivity index (χ1) is 9.70. The van der Waals surface area contributed by atoms with Crippen molar-refractivity contribution in [3.8, 4) is 0 Å². The van der Waals surface area contributed by atoms with E-state index in [1.807, 2.05) is 0 Å². The van der Waals surface area contributed by atoms with Gasteiger partial charge in [0.05, 0.1) is 20.9 Å². The van der Waals surface area contributed by atoms with Crippen LogP contribution in [-0.4, -0.2) is 8.42 Å². The van der Waals surface area contributed by atoms with Gasteiger partial charge in [-0.1, -0.05) is 11.6 Å². The molecule has 2 aromatic rings. The molecule has 0 fully saturated rings. The summed E-state index contributed by atoms with van der Waals surface area (Å²) < 4.78 is 41.2. The monoisotopic (exact) mass is 504 g/mol. The van der Waals surface area contributed by atoms with Crippen molar-refractivity contribution in [2.75, 3.05) is 10.5 Å². The molecular weight excluding hydrogens is 497 g/mol. The Morgan fingerprint density at radius 3 is 2.57 bits per heavy atom. The summed E-state index contributed by atoms with van der Waals surface area (Å²) >= 11 is 11.0. The lowest BCUT2D eigenvalue weighted by Gasteiger charge is -2.12. The molecule has 2 rings (SSSR count). The van der Waals surface area contributed by atoms with Crippen LogP contribution in [0.15, 0.2) is 39.7 Å². The van der Waals surface area contributed by atoms with Crippen molar-refractivity contribution in [3.63, 3.8) is 0 Å². The summed E-state index contributed by atoms with van der Waals surface area (Å²) in [5, 5.41) is 0.255. The minimum atomic E-state index is -3.98. The van der Waals surface area contributed by atoms with E-state index in [2.05, 4.69) is 43.2 Å². The lowest BCUT2D eigenvalue weighted by atomic mass is 10.3. The average molecular weight is 506 g/mol. The maximum Gasteiger partial charge on any atom is 0.264 e. The van der Waals surface area contributed by atoms with Gasteiger partial charge in [-0.25, -0.2) is 12.8 Å². The van der Waals surface area contributed by atoms with E-state index in [-0.39, 0.29) is 25.8 Å². The molecule has 0 aliphatic carbocycles. The number of rotatable bonds is 3. The number of nitrogen functional groups attached to an aromatic ring is 1. The molecule has 0 radical (unpaired) electrons. The van der Waals surface area contributed by atoms with Gasteiger partial charge >= 0.3 is 0 Å². The largest absolute Gasteiger partial charge is 0.398 e. The Bertz CT molecular complexity index is 817. The summed E-state index contributed by atoms with van der Waals surface area (Å²) in [6.45, 7) is 0. The summed E-state index contributed by atoms with van der Waals surface area (Å²) in [5.74, 6) is -0.640. The van der Waals surface area contributed by atoms with Gasteiger partial charge in [0.1, 0.15) is 10.7 Å². The molecule has 0 saturated carbocycles. The Hall–Kier alpha value is -0.580. The average Bonchev–Trinajstić information content (AvgIpc) is 2.37. The second kappa shape index (κ2) is 6.27. The van der Waals surface area contributed by atoms with Crippen molar-refractivity contribution in [2.45, 2.75) is 4.90 Å². The summed E-state index contributed by atoms with van der Waals surface area (Å²) in [6.07, 6.45) is 0. The molecule has 112 valence electrons. The highest BCUT2D eigenvalue weighted by Gasteiger charge is 2.21. The second-order valence-electron chi connectivity index (χ2n) is 4.03. The van der Waals surface area contributed by atoms with Crippen LogP contribution in [0.1, 0.15) is 0 Å². The van der Waals surface area contributed by atoms with Gasteiger partial charge in [-0.2, -0.15) is 0 Å². The highest BCUT2D eigenvalue weighted by molar-refractivity contribution is 14.1. The predicted molar refractivity (Wildman–Crippen MR) is 93.5 cm³/mol. The van der Waals surface area contributed by atoms with Gasteiger partial charge in [0.2, 0.25) is 0 Å². The zero-order valence-corrected chi connectivity index (χ0v) is 15.5. The van der Waals surface area contributed by atoms with Gasteiger partial charge in [0.15, 0.2) is 0 Å². The van der Waals surface area contributed by atoms with Gasteiger partial charge < -0.3 is 5.73 Å². The molecule has 0 aliphatic heterocycles. The molecule has 0 aliphatic rings. The van der Waals surface area contributed by atoms with E-state index in [1.54, 1.807) is 12.1 Å². The molecular formula is C12H8BrClFIN2O2S. The third-order valence-electron chi connectivity index (χ3n) is 2.52. The molecule has 0 saturated heterocycles. The maximum absolute atomic E-state index is 13.3. The molecule has 0 spiro atoms. The normalized spacial score (nSPS) is 11.4. The maximum atomic E-state index is 13.3. The van der Waals surface area contributed by atoms with Crippen LogP contribution in [0.5, 0.6) is 0 Å². The predicted octanol–water partition coefficient (Wildman–Crippen LogP) is 4.23. The number of hydrogen-bond donors (Lipinski definition) is 2. The first-order valence-corrected chi connectivity index (χ1v) is 9.16. The highest BCUT2D eigenvalue weighted by Crippen LogP contribution is 2.30. The third kappa shape index (κ3) is 3.79. The van der Waals surface area contributed by atoms with E-state index in [0.29, 0.717) is 0 Å². The number of sulfonamides is 1. The van der Waals surface area contributed by atoms with Crippen LogP contribution in [0.25, 0.3) is 0 Å². The molecule has 0 heterocycles. The molecule has 4 nitrogen and oxygen atoms in total. The number of nitrogens with two attached hydrogens (primary N) is 1.